The molecule has 150 valence electrons. The van der Waals surface area contributed by atoms with Crippen LogP contribution in [0.15, 0.2) is 89.7 Å². The SMILES string of the molecule is COc1cccc(NC(=O)[C@@H](Oc2ccc(-c3nnco3)cc2)c2ccccc2)c1. The number of benzene rings is 3. The Kier molecular flexibility index (Phi) is 5.70. The van der Waals surface area contributed by atoms with Gasteiger partial charge in [0.2, 0.25) is 18.4 Å². The van der Waals surface area contributed by atoms with Crippen LogP contribution in [0.2, 0.25) is 0 Å². The third-order valence-electron chi connectivity index (χ3n) is 4.39. The van der Waals surface area contributed by atoms with Crippen molar-refractivity contribution in [2.75, 3.05) is 12.4 Å². The van der Waals surface area contributed by atoms with Crippen molar-refractivity contribution in [1.29, 1.82) is 0 Å². The van der Waals surface area contributed by atoms with Crippen molar-refractivity contribution in [3.8, 4) is 23.0 Å². The third kappa shape index (κ3) is 4.47. The van der Waals surface area contributed by atoms with E-state index in [9.17, 15) is 4.79 Å². The Morgan fingerprint density at radius 2 is 1.77 bits per heavy atom. The Bertz CT molecular complexity index is 1100. The molecule has 0 spiro atoms. The summed E-state index contributed by atoms with van der Waals surface area (Å²) in [6.07, 6.45) is 0.431. The number of nitrogens with zero attached hydrogens (tertiary/aromatic N) is 2. The maximum atomic E-state index is 13.1. The molecule has 0 radical (unpaired) electrons. The highest BCUT2D eigenvalue weighted by molar-refractivity contribution is 5.95. The van der Waals surface area contributed by atoms with E-state index in [0.717, 1.165) is 11.1 Å². The van der Waals surface area contributed by atoms with Crippen molar-refractivity contribution in [1.82, 2.24) is 10.2 Å². The van der Waals surface area contributed by atoms with Crippen molar-refractivity contribution >= 4 is 11.6 Å². The van der Waals surface area contributed by atoms with Gasteiger partial charge in [0.05, 0.1) is 7.11 Å². The van der Waals surface area contributed by atoms with Crippen LogP contribution in [0.3, 0.4) is 0 Å². The van der Waals surface area contributed by atoms with Crippen molar-refractivity contribution in [3.05, 3.63) is 90.8 Å². The van der Waals surface area contributed by atoms with E-state index < -0.39 is 6.10 Å². The van der Waals surface area contributed by atoms with Crippen molar-refractivity contribution in [3.63, 3.8) is 0 Å². The summed E-state index contributed by atoms with van der Waals surface area (Å²) in [6, 6.07) is 23.6. The van der Waals surface area contributed by atoms with Crippen molar-refractivity contribution < 1.29 is 18.7 Å². The summed E-state index contributed by atoms with van der Waals surface area (Å²) in [5, 5.41) is 10.4. The lowest BCUT2D eigenvalue weighted by molar-refractivity contribution is -0.123. The predicted molar refractivity (Wildman–Crippen MR) is 111 cm³/mol. The molecule has 3 aromatic carbocycles. The number of amides is 1. The molecule has 0 unspecified atom stereocenters. The van der Waals surface area contributed by atoms with Crippen LogP contribution in [0, 0.1) is 0 Å². The van der Waals surface area contributed by atoms with Crippen LogP contribution in [0.1, 0.15) is 11.7 Å². The zero-order valence-corrected chi connectivity index (χ0v) is 16.2. The van der Waals surface area contributed by atoms with Gasteiger partial charge in [0.15, 0.2) is 0 Å². The summed E-state index contributed by atoms with van der Waals surface area (Å²) in [7, 11) is 1.58. The highest BCUT2D eigenvalue weighted by Crippen LogP contribution is 2.27. The summed E-state index contributed by atoms with van der Waals surface area (Å²) < 4.78 is 16.5. The number of rotatable bonds is 7. The number of aromatic nitrogens is 2. The maximum Gasteiger partial charge on any atom is 0.270 e. The van der Waals surface area contributed by atoms with Crippen molar-refractivity contribution in [2.24, 2.45) is 0 Å². The predicted octanol–water partition coefficient (Wildman–Crippen LogP) is 4.50. The number of hydrogen-bond acceptors (Lipinski definition) is 6. The molecule has 4 rings (SSSR count). The Labute approximate surface area is 173 Å². The van der Waals surface area contributed by atoms with Crippen LogP contribution in [0.25, 0.3) is 11.5 Å². The molecule has 1 aromatic heterocycles. The van der Waals surface area contributed by atoms with E-state index in [1.165, 1.54) is 6.39 Å². The second-order valence-electron chi connectivity index (χ2n) is 6.40. The molecule has 7 heteroatoms. The molecule has 0 aliphatic heterocycles. The normalized spacial score (nSPS) is 11.5. The Balaban J connectivity index is 1.56. The molecule has 1 amide bonds. The average molecular weight is 401 g/mol. The van der Waals surface area contributed by atoms with E-state index in [2.05, 4.69) is 15.5 Å². The number of methoxy groups -OCH3 is 1. The number of carbonyl (C=O) groups excluding carboxylic acids is 1. The maximum absolute atomic E-state index is 13.1. The number of nitrogens with one attached hydrogen (secondary N) is 1. The van der Waals surface area contributed by atoms with E-state index >= 15 is 0 Å². The lowest BCUT2D eigenvalue weighted by atomic mass is 10.1. The summed E-state index contributed by atoms with van der Waals surface area (Å²) in [5.41, 5.74) is 2.12. The van der Waals surface area contributed by atoms with Crippen LogP contribution < -0.4 is 14.8 Å². The highest BCUT2D eigenvalue weighted by Gasteiger charge is 2.23. The quantitative estimate of drug-likeness (QED) is 0.491. The van der Waals surface area contributed by atoms with Gasteiger partial charge < -0.3 is 19.2 Å². The van der Waals surface area contributed by atoms with E-state index in [1.807, 2.05) is 42.5 Å². The Morgan fingerprint density at radius 1 is 0.967 bits per heavy atom. The summed E-state index contributed by atoms with van der Waals surface area (Å²) in [6.45, 7) is 0. The van der Waals surface area contributed by atoms with Crippen LogP contribution in [-0.4, -0.2) is 23.2 Å². The molecule has 30 heavy (non-hydrogen) atoms. The molecule has 0 aliphatic carbocycles. The Morgan fingerprint density at radius 3 is 2.47 bits per heavy atom. The topological polar surface area (TPSA) is 86.5 Å². The largest absolute Gasteiger partial charge is 0.497 e. The first kappa shape index (κ1) is 19.2. The van der Waals surface area contributed by atoms with Crippen LogP contribution in [-0.2, 0) is 4.79 Å². The van der Waals surface area contributed by atoms with Crippen molar-refractivity contribution in [2.45, 2.75) is 6.10 Å². The van der Waals surface area contributed by atoms with Crippen LogP contribution in [0.4, 0.5) is 5.69 Å². The zero-order valence-electron chi connectivity index (χ0n) is 16.2. The lowest BCUT2D eigenvalue weighted by Gasteiger charge is -2.19. The fourth-order valence-corrected chi connectivity index (χ4v) is 2.92. The number of anilines is 1. The van der Waals surface area contributed by atoms with Gasteiger partial charge in [-0.3, -0.25) is 4.79 Å². The molecular formula is C23H19N3O4. The van der Waals surface area contributed by atoms with Gasteiger partial charge in [-0.15, -0.1) is 10.2 Å². The minimum absolute atomic E-state index is 0.296. The Hall–Kier alpha value is -4.13. The van der Waals surface area contributed by atoms with Gasteiger partial charge in [0, 0.05) is 22.9 Å². The second-order valence-corrected chi connectivity index (χ2v) is 6.40. The first-order chi connectivity index (χ1) is 14.7. The van der Waals surface area contributed by atoms with Gasteiger partial charge in [-0.1, -0.05) is 36.4 Å². The lowest BCUT2D eigenvalue weighted by Crippen LogP contribution is -2.25. The molecular weight excluding hydrogens is 382 g/mol. The molecule has 1 heterocycles. The first-order valence-electron chi connectivity index (χ1n) is 9.26. The zero-order chi connectivity index (χ0) is 20.8. The summed E-state index contributed by atoms with van der Waals surface area (Å²) in [5.74, 6) is 1.31. The molecule has 0 fully saturated rings. The minimum atomic E-state index is -0.841. The van der Waals surface area contributed by atoms with Crippen LogP contribution >= 0.6 is 0 Å². The second kappa shape index (κ2) is 8.91. The number of ether oxygens (including phenoxy) is 2. The average Bonchev–Trinajstić information content (AvgIpc) is 3.33. The smallest absolute Gasteiger partial charge is 0.270 e. The van der Waals surface area contributed by atoms with Crippen LogP contribution in [0.5, 0.6) is 11.5 Å². The van der Waals surface area contributed by atoms with E-state index in [1.54, 1.807) is 43.5 Å². The fraction of sp³-hybridized carbons (Fsp3) is 0.0870. The fourth-order valence-electron chi connectivity index (χ4n) is 2.92. The highest BCUT2D eigenvalue weighted by atomic mass is 16.5. The number of hydrogen-bond donors (Lipinski definition) is 1. The van der Waals surface area contributed by atoms with E-state index in [-0.39, 0.29) is 5.91 Å². The molecule has 1 atom stereocenters. The van der Waals surface area contributed by atoms with Gasteiger partial charge in [0.1, 0.15) is 11.5 Å². The summed E-state index contributed by atoms with van der Waals surface area (Å²) in [4.78, 5) is 13.1. The molecule has 0 aliphatic rings. The molecule has 1 N–H and O–H groups in total. The molecule has 0 bridgehead atoms. The van der Waals surface area contributed by atoms with Gasteiger partial charge in [-0.2, -0.15) is 0 Å². The minimum Gasteiger partial charge on any atom is -0.497 e. The van der Waals surface area contributed by atoms with Gasteiger partial charge in [0.25, 0.3) is 5.91 Å². The third-order valence-corrected chi connectivity index (χ3v) is 4.39. The van der Waals surface area contributed by atoms with Gasteiger partial charge in [-0.05, 0) is 36.4 Å². The molecule has 4 aromatic rings. The van der Waals surface area contributed by atoms with Gasteiger partial charge in [-0.25, -0.2) is 0 Å². The first-order valence-corrected chi connectivity index (χ1v) is 9.26. The van der Waals surface area contributed by atoms with E-state index in [4.69, 9.17) is 13.9 Å². The molecule has 0 saturated carbocycles. The standard InChI is InChI=1S/C23H19N3O4/c1-28-20-9-5-8-18(14-20)25-22(27)21(16-6-3-2-4-7-16)30-19-12-10-17(11-13-19)23-26-24-15-29-23/h2-15,21H,1H3,(H,25,27)/t21-/m0/s1. The van der Waals surface area contributed by atoms with E-state index in [0.29, 0.717) is 23.1 Å². The molecule has 7 nitrogen and oxygen atoms in total. The van der Waals surface area contributed by atoms with Gasteiger partial charge >= 0.3 is 0 Å². The number of carbonyl (C=O) groups is 1. The summed E-state index contributed by atoms with van der Waals surface area (Å²) >= 11 is 0. The monoisotopic (exact) mass is 401 g/mol. The molecule has 0 saturated heterocycles.